The number of hydrogen-bond donors (Lipinski definition) is 2. The molecule has 1 aromatic heterocycles. The number of pyridine rings is 1. The first kappa shape index (κ1) is 18.4. The highest BCUT2D eigenvalue weighted by atomic mass is 16.5. The standard InChI is InChI=1S/C18H21N3O4/c1-3-25-18(23)13-4-6-15(7-5-13)21-17(22)14-8-9-19-16(12-14)20-10-11-24-2/h4-9,12H,3,10-11H2,1-2H3,(H,19,20)(H,21,22). The van der Waals surface area contributed by atoms with Gasteiger partial charge in [-0.15, -0.1) is 0 Å². The van der Waals surface area contributed by atoms with Gasteiger partial charge >= 0.3 is 5.97 Å². The number of rotatable bonds is 8. The van der Waals surface area contributed by atoms with Gasteiger partial charge in [0.1, 0.15) is 5.82 Å². The van der Waals surface area contributed by atoms with Crippen LogP contribution < -0.4 is 10.6 Å². The first-order valence-electron chi connectivity index (χ1n) is 7.91. The van der Waals surface area contributed by atoms with Gasteiger partial charge in [0.05, 0.1) is 18.8 Å². The van der Waals surface area contributed by atoms with Crippen LogP contribution in [0.25, 0.3) is 0 Å². The Hall–Kier alpha value is -2.93. The number of nitrogens with one attached hydrogen (secondary N) is 2. The van der Waals surface area contributed by atoms with Gasteiger partial charge in [-0.1, -0.05) is 0 Å². The van der Waals surface area contributed by atoms with E-state index in [2.05, 4.69) is 15.6 Å². The molecule has 0 saturated heterocycles. The average Bonchev–Trinajstić information content (AvgIpc) is 2.63. The molecule has 0 aliphatic carbocycles. The van der Waals surface area contributed by atoms with Crippen molar-refractivity contribution in [3.63, 3.8) is 0 Å². The predicted molar refractivity (Wildman–Crippen MR) is 95.0 cm³/mol. The Bertz CT molecular complexity index is 717. The van der Waals surface area contributed by atoms with E-state index in [9.17, 15) is 9.59 Å². The summed E-state index contributed by atoms with van der Waals surface area (Å²) in [5.74, 6) is -0.0512. The number of ether oxygens (including phenoxy) is 2. The highest BCUT2D eigenvalue weighted by molar-refractivity contribution is 6.04. The number of benzene rings is 1. The second-order valence-corrected chi connectivity index (χ2v) is 5.10. The quantitative estimate of drug-likeness (QED) is 0.566. The maximum Gasteiger partial charge on any atom is 0.338 e. The largest absolute Gasteiger partial charge is 0.462 e. The van der Waals surface area contributed by atoms with Crippen LogP contribution in [0.3, 0.4) is 0 Å². The van der Waals surface area contributed by atoms with Crippen molar-refractivity contribution in [1.82, 2.24) is 4.98 Å². The Morgan fingerprint density at radius 1 is 1.12 bits per heavy atom. The molecule has 2 N–H and O–H groups in total. The van der Waals surface area contributed by atoms with E-state index in [0.29, 0.717) is 42.4 Å². The third-order valence-corrected chi connectivity index (χ3v) is 3.29. The van der Waals surface area contributed by atoms with Gasteiger partial charge in [-0.3, -0.25) is 4.79 Å². The van der Waals surface area contributed by atoms with Crippen LogP contribution in [0.1, 0.15) is 27.6 Å². The zero-order valence-electron chi connectivity index (χ0n) is 14.2. The van der Waals surface area contributed by atoms with E-state index >= 15 is 0 Å². The molecule has 1 heterocycles. The number of methoxy groups -OCH3 is 1. The van der Waals surface area contributed by atoms with Crippen LogP contribution in [-0.2, 0) is 9.47 Å². The fourth-order valence-electron chi connectivity index (χ4n) is 2.06. The van der Waals surface area contributed by atoms with Gasteiger partial charge in [0, 0.05) is 31.1 Å². The van der Waals surface area contributed by atoms with Gasteiger partial charge in [0.25, 0.3) is 5.91 Å². The van der Waals surface area contributed by atoms with Crippen LogP contribution in [0, 0.1) is 0 Å². The predicted octanol–water partition coefficient (Wildman–Crippen LogP) is 2.57. The van der Waals surface area contributed by atoms with Crippen molar-refractivity contribution in [3.8, 4) is 0 Å². The molecule has 1 amide bonds. The molecule has 0 fully saturated rings. The fraction of sp³-hybridized carbons (Fsp3) is 0.278. The lowest BCUT2D eigenvalue weighted by Crippen LogP contribution is -2.14. The molecule has 7 nitrogen and oxygen atoms in total. The van der Waals surface area contributed by atoms with Crippen LogP contribution in [0.2, 0.25) is 0 Å². The number of carbonyl (C=O) groups excluding carboxylic acids is 2. The maximum absolute atomic E-state index is 12.3. The summed E-state index contributed by atoms with van der Waals surface area (Å²) in [5, 5.41) is 5.85. The number of amides is 1. The van der Waals surface area contributed by atoms with E-state index in [4.69, 9.17) is 9.47 Å². The SMILES string of the molecule is CCOC(=O)c1ccc(NC(=O)c2ccnc(NCCOC)c2)cc1. The molecule has 0 aliphatic rings. The molecule has 0 spiro atoms. The van der Waals surface area contributed by atoms with Crippen molar-refractivity contribution in [2.75, 3.05) is 37.5 Å². The summed E-state index contributed by atoms with van der Waals surface area (Å²) in [6.07, 6.45) is 1.56. The average molecular weight is 343 g/mol. The van der Waals surface area contributed by atoms with Gasteiger partial charge in [0.2, 0.25) is 0 Å². The lowest BCUT2D eigenvalue weighted by molar-refractivity contribution is 0.0526. The molecule has 0 atom stereocenters. The Labute approximate surface area is 146 Å². The highest BCUT2D eigenvalue weighted by Gasteiger charge is 2.09. The summed E-state index contributed by atoms with van der Waals surface area (Å²) in [5.41, 5.74) is 1.50. The van der Waals surface area contributed by atoms with Crippen molar-refractivity contribution < 1.29 is 19.1 Å². The first-order chi connectivity index (χ1) is 12.1. The van der Waals surface area contributed by atoms with E-state index in [0.717, 1.165) is 0 Å². The molecule has 0 saturated carbocycles. The van der Waals surface area contributed by atoms with Crippen LogP contribution >= 0.6 is 0 Å². The van der Waals surface area contributed by atoms with E-state index in [1.54, 1.807) is 56.6 Å². The normalized spacial score (nSPS) is 10.2. The summed E-state index contributed by atoms with van der Waals surface area (Å²) in [7, 11) is 1.62. The minimum Gasteiger partial charge on any atom is -0.462 e. The number of nitrogens with zero attached hydrogens (tertiary/aromatic N) is 1. The summed E-state index contributed by atoms with van der Waals surface area (Å²) in [6, 6.07) is 9.82. The molecule has 25 heavy (non-hydrogen) atoms. The lowest BCUT2D eigenvalue weighted by atomic mass is 10.2. The molecule has 0 bridgehead atoms. The number of aromatic nitrogens is 1. The Balaban J connectivity index is 1.99. The second kappa shape index (κ2) is 9.39. The Morgan fingerprint density at radius 3 is 2.56 bits per heavy atom. The monoisotopic (exact) mass is 343 g/mol. The second-order valence-electron chi connectivity index (χ2n) is 5.10. The Morgan fingerprint density at radius 2 is 1.88 bits per heavy atom. The molecule has 2 rings (SSSR count). The molecule has 0 aliphatic heterocycles. The molecule has 132 valence electrons. The van der Waals surface area contributed by atoms with E-state index < -0.39 is 0 Å². The zero-order valence-corrected chi connectivity index (χ0v) is 14.2. The molecule has 0 unspecified atom stereocenters. The minimum absolute atomic E-state index is 0.263. The minimum atomic E-state index is -0.388. The smallest absolute Gasteiger partial charge is 0.338 e. The van der Waals surface area contributed by atoms with E-state index in [1.165, 1.54) is 0 Å². The van der Waals surface area contributed by atoms with Crippen molar-refractivity contribution in [1.29, 1.82) is 0 Å². The van der Waals surface area contributed by atoms with Gasteiger partial charge in [-0.25, -0.2) is 9.78 Å². The topological polar surface area (TPSA) is 89.5 Å². The summed E-state index contributed by atoms with van der Waals surface area (Å²) in [4.78, 5) is 28.1. The van der Waals surface area contributed by atoms with Gasteiger partial charge in [0.15, 0.2) is 0 Å². The molecule has 7 heteroatoms. The van der Waals surface area contributed by atoms with Gasteiger partial charge in [-0.2, -0.15) is 0 Å². The maximum atomic E-state index is 12.3. The third kappa shape index (κ3) is 5.58. The summed E-state index contributed by atoms with van der Waals surface area (Å²) < 4.78 is 9.88. The van der Waals surface area contributed by atoms with Crippen LogP contribution in [-0.4, -0.2) is 43.7 Å². The van der Waals surface area contributed by atoms with Crippen molar-refractivity contribution >= 4 is 23.4 Å². The number of hydrogen-bond acceptors (Lipinski definition) is 6. The Kier molecular flexibility index (Phi) is 6.91. The lowest BCUT2D eigenvalue weighted by Gasteiger charge is -2.08. The van der Waals surface area contributed by atoms with E-state index in [-0.39, 0.29) is 11.9 Å². The summed E-state index contributed by atoms with van der Waals surface area (Å²) in [6.45, 7) is 3.22. The molecule has 2 aromatic rings. The summed E-state index contributed by atoms with van der Waals surface area (Å²) >= 11 is 0. The molecule has 0 radical (unpaired) electrons. The van der Waals surface area contributed by atoms with Crippen molar-refractivity contribution in [3.05, 3.63) is 53.7 Å². The number of esters is 1. The van der Waals surface area contributed by atoms with Crippen molar-refractivity contribution in [2.24, 2.45) is 0 Å². The third-order valence-electron chi connectivity index (χ3n) is 3.29. The van der Waals surface area contributed by atoms with Gasteiger partial charge in [-0.05, 0) is 43.3 Å². The molecule has 1 aromatic carbocycles. The first-order valence-corrected chi connectivity index (χ1v) is 7.91. The van der Waals surface area contributed by atoms with Crippen LogP contribution in [0.15, 0.2) is 42.6 Å². The number of carbonyl (C=O) groups is 2. The van der Waals surface area contributed by atoms with Crippen LogP contribution in [0.5, 0.6) is 0 Å². The highest BCUT2D eigenvalue weighted by Crippen LogP contribution is 2.13. The van der Waals surface area contributed by atoms with E-state index in [1.807, 2.05) is 0 Å². The van der Waals surface area contributed by atoms with Gasteiger partial charge < -0.3 is 20.1 Å². The number of anilines is 2. The molecular formula is C18H21N3O4. The fourth-order valence-corrected chi connectivity index (χ4v) is 2.06. The molecular weight excluding hydrogens is 322 g/mol. The van der Waals surface area contributed by atoms with Crippen LogP contribution in [0.4, 0.5) is 11.5 Å². The zero-order chi connectivity index (χ0) is 18.1. The van der Waals surface area contributed by atoms with Crippen molar-refractivity contribution in [2.45, 2.75) is 6.92 Å².